The molecule has 0 amide bonds. The van der Waals surface area contributed by atoms with Gasteiger partial charge in [0.1, 0.15) is 18.5 Å². The van der Waals surface area contributed by atoms with Crippen molar-refractivity contribution in [2.24, 2.45) is 0 Å². The van der Waals surface area contributed by atoms with Gasteiger partial charge in [0.25, 0.3) is 0 Å². The molecule has 1 aliphatic heterocycles. The highest BCUT2D eigenvalue weighted by molar-refractivity contribution is 5.64. The van der Waals surface area contributed by atoms with Crippen molar-refractivity contribution in [3.05, 3.63) is 78.0 Å². The summed E-state index contributed by atoms with van der Waals surface area (Å²) in [4.78, 5) is 15.7. The minimum Gasteiger partial charge on any atom is -0.350 e. The highest BCUT2D eigenvalue weighted by atomic mass is 15.4. The molecule has 6 rings (SSSR count). The summed E-state index contributed by atoms with van der Waals surface area (Å²) in [6.45, 7) is 5.81. The molecule has 0 unspecified atom stereocenters. The highest BCUT2D eigenvalue weighted by Crippen LogP contribution is 2.29. The number of rotatable bonds is 3. The molecule has 0 bridgehead atoms. The number of nitrogens with zero attached hydrogens (tertiary/aromatic N) is 9. The number of imidazole rings is 1. The van der Waals surface area contributed by atoms with Crippen molar-refractivity contribution in [1.82, 2.24) is 39.3 Å². The molecule has 9 heteroatoms. The Balaban J connectivity index is 1.32. The number of aryl methyl sites for hydroxylation is 1. The van der Waals surface area contributed by atoms with Gasteiger partial charge in [-0.2, -0.15) is 4.52 Å². The Morgan fingerprint density at radius 1 is 0.969 bits per heavy atom. The minimum atomic E-state index is 0.762. The predicted octanol–water partition coefficient (Wildman–Crippen LogP) is 2.95. The monoisotopic (exact) mass is 423 g/mol. The number of fused-ring (bicyclic) bond motifs is 2. The number of anilines is 1. The van der Waals surface area contributed by atoms with Crippen molar-refractivity contribution >= 4 is 11.5 Å². The maximum absolute atomic E-state index is 4.79. The van der Waals surface area contributed by atoms with Crippen LogP contribution >= 0.6 is 0 Å². The fourth-order valence-corrected chi connectivity index (χ4v) is 4.23. The third-order valence-electron chi connectivity index (χ3n) is 6.16. The smallest absolute Gasteiger partial charge is 0.180 e. The van der Waals surface area contributed by atoms with Crippen LogP contribution in [0, 0.1) is 13.8 Å². The second-order valence-corrected chi connectivity index (χ2v) is 8.05. The second kappa shape index (κ2) is 7.23. The molecule has 158 valence electrons. The summed E-state index contributed by atoms with van der Waals surface area (Å²) in [6.07, 6.45) is 11.7. The van der Waals surface area contributed by atoms with Gasteiger partial charge in [-0.3, -0.25) is 9.55 Å². The molecule has 5 aromatic rings. The molecule has 1 aliphatic rings. The Hall–Kier alpha value is -4.14. The molecule has 0 N–H and O–H groups in total. The molecule has 0 radical (unpaired) electrons. The van der Waals surface area contributed by atoms with Crippen LogP contribution in [0.3, 0.4) is 0 Å². The van der Waals surface area contributed by atoms with Crippen molar-refractivity contribution in [2.45, 2.75) is 26.8 Å². The molecule has 32 heavy (non-hydrogen) atoms. The van der Waals surface area contributed by atoms with E-state index in [1.54, 1.807) is 23.4 Å². The molecular weight excluding hydrogens is 402 g/mol. The molecule has 6 heterocycles. The van der Waals surface area contributed by atoms with Crippen molar-refractivity contribution in [2.75, 3.05) is 11.4 Å². The third-order valence-corrected chi connectivity index (χ3v) is 6.16. The zero-order chi connectivity index (χ0) is 21.7. The van der Waals surface area contributed by atoms with Crippen LogP contribution in [0.15, 0.2) is 55.6 Å². The number of hydrogen-bond acceptors (Lipinski definition) is 7. The quantitative estimate of drug-likeness (QED) is 0.441. The van der Waals surface area contributed by atoms with E-state index in [4.69, 9.17) is 10.1 Å². The Morgan fingerprint density at radius 2 is 1.88 bits per heavy atom. The summed E-state index contributed by atoms with van der Waals surface area (Å²) in [5.41, 5.74) is 7.51. The van der Waals surface area contributed by atoms with Crippen LogP contribution in [0.1, 0.15) is 22.4 Å². The van der Waals surface area contributed by atoms with Crippen LogP contribution in [0.25, 0.3) is 22.6 Å². The predicted molar refractivity (Wildman–Crippen MR) is 120 cm³/mol. The first kappa shape index (κ1) is 18.6. The first-order valence-corrected chi connectivity index (χ1v) is 10.5. The van der Waals surface area contributed by atoms with Gasteiger partial charge in [0.15, 0.2) is 11.5 Å². The third kappa shape index (κ3) is 3.01. The van der Waals surface area contributed by atoms with Gasteiger partial charge in [0.2, 0.25) is 0 Å². The molecule has 9 nitrogen and oxygen atoms in total. The molecule has 0 aromatic carbocycles. The lowest BCUT2D eigenvalue weighted by Crippen LogP contribution is -2.32. The highest BCUT2D eigenvalue weighted by Gasteiger charge is 2.22. The van der Waals surface area contributed by atoms with E-state index in [9.17, 15) is 0 Å². The van der Waals surface area contributed by atoms with Crippen LogP contribution in [0.2, 0.25) is 0 Å². The van der Waals surface area contributed by atoms with E-state index in [2.05, 4.69) is 51.0 Å². The lowest BCUT2D eigenvalue weighted by Gasteiger charge is -2.30. The molecule has 5 aromatic heterocycles. The number of aromatic nitrogens is 8. The van der Waals surface area contributed by atoms with Gasteiger partial charge in [0, 0.05) is 72.2 Å². The van der Waals surface area contributed by atoms with Gasteiger partial charge in [-0.1, -0.05) is 0 Å². The second-order valence-electron chi connectivity index (χ2n) is 8.05. The van der Waals surface area contributed by atoms with E-state index in [0.29, 0.717) is 0 Å². The normalized spacial score (nSPS) is 13.5. The van der Waals surface area contributed by atoms with Crippen molar-refractivity contribution in [3.8, 4) is 16.9 Å². The van der Waals surface area contributed by atoms with Crippen LogP contribution in [0.4, 0.5) is 5.82 Å². The molecular formula is C23H21N9. The first-order chi connectivity index (χ1) is 15.7. The van der Waals surface area contributed by atoms with Gasteiger partial charge in [-0.05, 0) is 37.6 Å². The number of hydrogen-bond donors (Lipinski definition) is 0. The molecule has 0 saturated heterocycles. The van der Waals surface area contributed by atoms with Crippen LogP contribution in [0.5, 0.6) is 0 Å². The van der Waals surface area contributed by atoms with Crippen molar-refractivity contribution in [3.63, 3.8) is 0 Å². The molecule has 0 aliphatic carbocycles. The summed E-state index contributed by atoms with van der Waals surface area (Å²) in [5, 5.41) is 13.0. The zero-order valence-electron chi connectivity index (χ0n) is 17.8. The van der Waals surface area contributed by atoms with Gasteiger partial charge in [-0.25, -0.2) is 9.97 Å². The Bertz CT molecular complexity index is 1420. The van der Waals surface area contributed by atoms with Gasteiger partial charge >= 0.3 is 0 Å². The van der Waals surface area contributed by atoms with Gasteiger partial charge in [-0.15, -0.1) is 15.3 Å². The van der Waals surface area contributed by atoms with Crippen molar-refractivity contribution in [1.29, 1.82) is 0 Å². The van der Waals surface area contributed by atoms with Crippen molar-refractivity contribution < 1.29 is 0 Å². The average Bonchev–Trinajstić information content (AvgIpc) is 3.53. The van der Waals surface area contributed by atoms with Gasteiger partial charge < -0.3 is 4.90 Å². The van der Waals surface area contributed by atoms with Crippen LogP contribution < -0.4 is 4.90 Å². The largest absolute Gasteiger partial charge is 0.350 e. The van der Waals surface area contributed by atoms with E-state index < -0.39 is 0 Å². The summed E-state index contributed by atoms with van der Waals surface area (Å²) in [6, 6.07) is 6.29. The van der Waals surface area contributed by atoms with Gasteiger partial charge in [0.05, 0.1) is 0 Å². The molecule has 0 atom stereocenters. The van der Waals surface area contributed by atoms with E-state index >= 15 is 0 Å². The standard InChI is InChI=1S/C23H21N9/c1-15-16(2)23(29-32-14-27-28-22(15)32)30-7-5-20-19(12-30)9-18(11-25-20)17-3-4-21(26-10-17)31-8-6-24-13-31/h3-4,6,8-11,13-14H,5,7,12H2,1-2H3. The lowest BCUT2D eigenvalue weighted by molar-refractivity contribution is 0.688. The minimum absolute atomic E-state index is 0.762. The number of pyridine rings is 2. The summed E-state index contributed by atoms with van der Waals surface area (Å²) in [5.74, 6) is 1.81. The fraction of sp³-hybridized carbons (Fsp3) is 0.217. The Labute approximate surface area is 184 Å². The zero-order valence-corrected chi connectivity index (χ0v) is 17.8. The average molecular weight is 423 g/mol. The van der Waals surface area contributed by atoms with E-state index in [1.807, 2.05) is 29.2 Å². The van der Waals surface area contributed by atoms with Crippen LogP contribution in [-0.2, 0) is 13.0 Å². The molecule has 0 fully saturated rings. The summed E-state index contributed by atoms with van der Waals surface area (Å²) in [7, 11) is 0. The maximum atomic E-state index is 4.79. The Kier molecular flexibility index (Phi) is 4.20. The SMILES string of the molecule is Cc1c(N2CCc3ncc(-c4ccc(-n5ccnc5)nc4)cc3C2)nn2cnnc2c1C. The summed E-state index contributed by atoms with van der Waals surface area (Å²) < 4.78 is 3.64. The van der Waals surface area contributed by atoms with Crippen LogP contribution in [-0.4, -0.2) is 45.9 Å². The first-order valence-electron chi connectivity index (χ1n) is 10.5. The topological polar surface area (TPSA) is 89.9 Å². The van der Waals surface area contributed by atoms with E-state index in [-0.39, 0.29) is 0 Å². The van der Waals surface area contributed by atoms with E-state index in [0.717, 1.165) is 64.7 Å². The summed E-state index contributed by atoms with van der Waals surface area (Å²) >= 11 is 0. The Morgan fingerprint density at radius 3 is 2.69 bits per heavy atom. The lowest BCUT2D eigenvalue weighted by atomic mass is 10.0. The maximum Gasteiger partial charge on any atom is 0.180 e. The molecule has 0 spiro atoms. The fourth-order valence-electron chi connectivity index (χ4n) is 4.23. The molecule has 0 saturated carbocycles. The van der Waals surface area contributed by atoms with E-state index in [1.165, 1.54) is 5.56 Å².